The minimum Gasteiger partial charge on any atom is -0.300 e. The summed E-state index contributed by atoms with van der Waals surface area (Å²) < 4.78 is 0. The van der Waals surface area contributed by atoms with E-state index in [1.165, 1.54) is 54.4 Å². The highest BCUT2D eigenvalue weighted by molar-refractivity contribution is 6.11. The van der Waals surface area contributed by atoms with Crippen molar-refractivity contribution < 1.29 is 0 Å². The van der Waals surface area contributed by atoms with Crippen LogP contribution < -0.4 is 0 Å². The molecule has 0 aromatic rings. The van der Waals surface area contributed by atoms with Crippen molar-refractivity contribution in [3.8, 4) is 0 Å². The van der Waals surface area contributed by atoms with Gasteiger partial charge >= 0.3 is 0 Å². The molecule has 0 radical (unpaired) electrons. The lowest BCUT2D eigenvalue weighted by Gasteiger charge is -2.25. The molecule has 244 valence electrons. The van der Waals surface area contributed by atoms with Crippen LogP contribution in [0.4, 0.5) is 0 Å². The van der Waals surface area contributed by atoms with E-state index < -0.39 is 0 Å². The van der Waals surface area contributed by atoms with Gasteiger partial charge in [-0.05, 0) is 125 Å². The highest BCUT2D eigenvalue weighted by Crippen LogP contribution is 2.32. The minimum absolute atomic E-state index is 0.352. The maximum atomic E-state index is 5.22. The van der Waals surface area contributed by atoms with Gasteiger partial charge in [-0.1, -0.05) is 96.1 Å². The number of aliphatic imine (C=N–C) groups is 2. The zero-order valence-corrected chi connectivity index (χ0v) is 30.4. The zero-order chi connectivity index (χ0) is 33.1. The number of allylic oxidation sites excluding steroid dienone is 12. The molecule has 2 rings (SSSR count). The third-order valence-corrected chi connectivity index (χ3v) is 8.97. The highest BCUT2D eigenvalue weighted by Gasteiger charge is 2.16. The molecule has 0 aromatic heterocycles. The van der Waals surface area contributed by atoms with Crippen LogP contribution in [-0.2, 0) is 0 Å². The number of hydrogen-bond donors (Lipinski definition) is 0. The Kier molecular flexibility index (Phi) is 19.5. The van der Waals surface area contributed by atoms with Crippen LogP contribution in [0.15, 0.2) is 104 Å². The van der Waals surface area contributed by atoms with E-state index in [1.54, 1.807) is 5.57 Å². The number of nitrogens with zero attached hydrogens (tertiary/aromatic N) is 3. The molecule has 2 unspecified atom stereocenters. The average molecular weight is 600 g/mol. The maximum Gasteiger partial charge on any atom is 0.0887 e. The van der Waals surface area contributed by atoms with Crippen LogP contribution in [0.2, 0.25) is 0 Å². The van der Waals surface area contributed by atoms with Crippen LogP contribution in [-0.4, -0.2) is 43.0 Å². The van der Waals surface area contributed by atoms with Gasteiger partial charge in [-0.3, -0.25) is 14.9 Å². The molecule has 3 heteroatoms. The van der Waals surface area contributed by atoms with Crippen LogP contribution in [0.25, 0.3) is 0 Å². The molecule has 0 N–H and O–H groups in total. The standard InChI is InChI=1S/C31H45N3.C10H20/c1-9-23(5)21-30(32-8)31(22-25(7)27-13-14-27)33-29(24(6)10-2)16-15-26(11-3)28-17-19-34(12-4)20-18-28;1-5-7-8-10(4)9(3)6-2/h9,11,15-17,21-22,24H,1,10,12-14,18-20H2,2-8H3;8-9H,5-7H2,1-4H3/b16-15-,23-21+,26-11+,31-22-,32-30?,33-29+;10-8-. The first-order valence-electron chi connectivity index (χ1n) is 17.3. The summed E-state index contributed by atoms with van der Waals surface area (Å²) in [7, 11) is 1.84. The van der Waals surface area contributed by atoms with Gasteiger partial charge in [0.05, 0.1) is 11.4 Å². The summed E-state index contributed by atoms with van der Waals surface area (Å²) in [6.45, 7) is 29.3. The largest absolute Gasteiger partial charge is 0.300 e. The second kappa shape index (κ2) is 21.8. The molecule has 1 saturated carbocycles. The van der Waals surface area contributed by atoms with Gasteiger partial charge in [-0.25, -0.2) is 0 Å². The van der Waals surface area contributed by atoms with Gasteiger partial charge in [0.25, 0.3) is 0 Å². The van der Waals surface area contributed by atoms with Crippen molar-refractivity contribution in [2.45, 2.75) is 114 Å². The Labute approximate surface area is 272 Å². The summed E-state index contributed by atoms with van der Waals surface area (Å²) in [5.74, 6) is 1.14. The number of unbranched alkanes of at least 4 members (excludes halogenated alkanes) is 1. The zero-order valence-electron chi connectivity index (χ0n) is 30.4. The summed E-state index contributed by atoms with van der Waals surface area (Å²) in [5.41, 5.74) is 11.2. The van der Waals surface area contributed by atoms with Gasteiger partial charge in [0.1, 0.15) is 0 Å². The molecule has 0 saturated heterocycles. The average Bonchev–Trinajstić information content (AvgIpc) is 3.91. The predicted octanol–water partition coefficient (Wildman–Crippen LogP) is 11.6. The van der Waals surface area contributed by atoms with Crippen molar-refractivity contribution in [2.75, 3.05) is 26.7 Å². The smallest absolute Gasteiger partial charge is 0.0887 e. The van der Waals surface area contributed by atoms with Crippen molar-refractivity contribution >= 4 is 11.4 Å². The summed E-state index contributed by atoms with van der Waals surface area (Å²) in [6, 6.07) is 0. The topological polar surface area (TPSA) is 28.0 Å². The van der Waals surface area contributed by atoms with E-state index in [1.807, 2.05) is 13.1 Å². The molecule has 0 spiro atoms. The van der Waals surface area contributed by atoms with E-state index in [-0.39, 0.29) is 0 Å². The van der Waals surface area contributed by atoms with Crippen molar-refractivity contribution in [1.82, 2.24) is 4.90 Å². The Morgan fingerprint density at radius 2 is 1.66 bits per heavy atom. The van der Waals surface area contributed by atoms with Crippen LogP contribution in [0.5, 0.6) is 0 Å². The monoisotopic (exact) mass is 600 g/mol. The van der Waals surface area contributed by atoms with E-state index >= 15 is 0 Å². The molecule has 1 heterocycles. The number of likely N-dealkylation sites (N-methyl/N-ethyl adjacent to an activating group) is 1. The third kappa shape index (κ3) is 14.3. The summed E-state index contributed by atoms with van der Waals surface area (Å²) in [4.78, 5) is 12.3. The molecule has 2 atom stereocenters. The fourth-order valence-corrected chi connectivity index (χ4v) is 4.83. The molecule has 2 aliphatic rings. The molecule has 1 aliphatic carbocycles. The first-order chi connectivity index (χ1) is 21.1. The van der Waals surface area contributed by atoms with Crippen molar-refractivity contribution in [2.24, 2.45) is 21.8 Å². The van der Waals surface area contributed by atoms with E-state index in [0.29, 0.717) is 5.92 Å². The second-order valence-corrected chi connectivity index (χ2v) is 12.4. The number of hydrogen-bond acceptors (Lipinski definition) is 3. The van der Waals surface area contributed by atoms with Gasteiger partial charge in [0, 0.05) is 25.8 Å². The second-order valence-electron chi connectivity index (χ2n) is 12.4. The predicted molar refractivity (Wildman–Crippen MR) is 200 cm³/mol. The van der Waals surface area contributed by atoms with E-state index in [0.717, 1.165) is 61.1 Å². The van der Waals surface area contributed by atoms with Gasteiger partial charge in [-0.2, -0.15) is 0 Å². The fourth-order valence-electron chi connectivity index (χ4n) is 4.83. The molecular formula is C41H65N3. The highest BCUT2D eigenvalue weighted by atomic mass is 15.1. The van der Waals surface area contributed by atoms with E-state index in [2.05, 4.69) is 128 Å². The first kappa shape index (κ1) is 39.2. The lowest BCUT2D eigenvalue weighted by atomic mass is 9.96. The van der Waals surface area contributed by atoms with Crippen molar-refractivity contribution in [1.29, 1.82) is 0 Å². The Morgan fingerprint density at radius 1 is 0.977 bits per heavy atom. The van der Waals surface area contributed by atoms with Crippen LogP contribution in [0.1, 0.15) is 114 Å². The summed E-state index contributed by atoms with van der Waals surface area (Å²) in [5, 5.41) is 0. The fraction of sp³-hybridized carbons (Fsp3) is 0.561. The van der Waals surface area contributed by atoms with Crippen LogP contribution in [0, 0.1) is 11.8 Å². The summed E-state index contributed by atoms with van der Waals surface area (Å²) >= 11 is 0. The number of rotatable bonds is 15. The first-order valence-corrected chi connectivity index (χ1v) is 17.3. The normalized spacial score (nSPS) is 19.0. The van der Waals surface area contributed by atoms with Gasteiger partial charge in [-0.15, -0.1) is 0 Å². The van der Waals surface area contributed by atoms with Crippen LogP contribution in [0.3, 0.4) is 0 Å². The van der Waals surface area contributed by atoms with Crippen molar-refractivity contribution in [3.63, 3.8) is 0 Å². The Hall–Kier alpha value is -2.78. The summed E-state index contributed by atoms with van der Waals surface area (Å²) in [6.07, 6.45) is 26.0. The molecule has 3 nitrogen and oxygen atoms in total. The SMILES string of the molecule is C=C/C(C)=C/C(=NC)C(=C/C(C)=C1CC1)/N=C(\C=C/C(=C\C)C1=CCN(CC)CC1)C(C)CC.CCC/C=C(/C)C(C)CC. The molecule has 0 aromatic carbocycles. The molecular weight excluding hydrogens is 534 g/mol. The van der Waals surface area contributed by atoms with Crippen molar-refractivity contribution in [3.05, 3.63) is 94.3 Å². The van der Waals surface area contributed by atoms with Gasteiger partial charge in [0.2, 0.25) is 0 Å². The Morgan fingerprint density at radius 3 is 2.14 bits per heavy atom. The van der Waals surface area contributed by atoms with E-state index in [9.17, 15) is 0 Å². The Bertz CT molecular complexity index is 1190. The quantitative estimate of drug-likeness (QED) is 0.104. The van der Waals surface area contributed by atoms with Gasteiger partial charge < -0.3 is 0 Å². The molecule has 0 bridgehead atoms. The molecule has 1 aliphatic heterocycles. The lowest BCUT2D eigenvalue weighted by Crippen LogP contribution is -2.28. The molecule has 1 fully saturated rings. The minimum atomic E-state index is 0.352. The van der Waals surface area contributed by atoms with Gasteiger partial charge in [0.15, 0.2) is 0 Å². The van der Waals surface area contributed by atoms with E-state index in [4.69, 9.17) is 4.99 Å². The third-order valence-electron chi connectivity index (χ3n) is 8.97. The molecule has 0 amide bonds. The lowest BCUT2D eigenvalue weighted by molar-refractivity contribution is 0.311. The van der Waals surface area contributed by atoms with Crippen LogP contribution >= 0.6 is 0 Å². The molecule has 44 heavy (non-hydrogen) atoms. The maximum absolute atomic E-state index is 5.22. The Balaban J connectivity index is 0.000000828.